The fourth-order valence-electron chi connectivity index (χ4n) is 9.44. The van der Waals surface area contributed by atoms with Gasteiger partial charge in [-0.25, -0.2) is 4.39 Å². The molecule has 0 radical (unpaired) electrons. The monoisotopic (exact) mass is 833 g/mol. The number of nitrogens with two attached hydrogens (primary N) is 3. The van der Waals surface area contributed by atoms with Gasteiger partial charge in [-0.05, 0) is 105 Å². The van der Waals surface area contributed by atoms with Gasteiger partial charge in [0.05, 0.1) is 5.70 Å². The summed E-state index contributed by atoms with van der Waals surface area (Å²) in [6, 6.07) is 19.3. The highest BCUT2D eigenvalue weighted by Gasteiger charge is 2.39. The second-order valence-electron chi connectivity index (χ2n) is 17.1. The number of benzene rings is 3. The molecule has 13 nitrogen and oxygen atoms in total. The van der Waals surface area contributed by atoms with E-state index in [9.17, 15) is 19.5 Å². The van der Waals surface area contributed by atoms with Crippen LogP contribution in [-0.4, -0.2) is 101 Å². The van der Waals surface area contributed by atoms with Gasteiger partial charge in [-0.15, -0.1) is 0 Å². The number of phenols is 1. The van der Waals surface area contributed by atoms with Gasteiger partial charge in [-0.1, -0.05) is 18.2 Å². The van der Waals surface area contributed by atoms with Crippen molar-refractivity contribution in [3.8, 4) is 5.75 Å². The van der Waals surface area contributed by atoms with Crippen molar-refractivity contribution in [2.45, 2.75) is 76.4 Å². The van der Waals surface area contributed by atoms with Crippen LogP contribution >= 0.6 is 0 Å². The minimum absolute atomic E-state index is 0.0655. The largest absolute Gasteiger partial charge is 0.507 e. The van der Waals surface area contributed by atoms with E-state index in [2.05, 4.69) is 49.4 Å². The average molecular weight is 834 g/mol. The number of phenolic OH excluding ortho intramolecular Hbond substituents is 1. The molecular weight excluding hydrogens is 774 g/mol. The first kappa shape index (κ1) is 43.1. The van der Waals surface area contributed by atoms with Crippen LogP contribution in [0.25, 0.3) is 16.6 Å². The molecule has 1 unspecified atom stereocenters. The number of fused-ring (bicyclic) bond motifs is 1. The molecule has 0 spiro atoms. The number of aromatic hydroxyl groups is 1. The number of halogens is 1. The minimum atomic E-state index is -1.35. The Morgan fingerprint density at radius 2 is 1.67 bits per heavy atom. The molecule has 4 aromatic rings. The summed E-state index contributed by atoms with van der Waals surface area (Å²) < 4.78 is 18.7. The van der Waals surface area contributed by atoms with Crippen LogP contribution in [0.1, 0.15) is 89.5 Å². The number of allylic oxidation sites excluding steroid dienone is 1. The van der Waals surface area contributed by atoms with Crippen molar-refractivity contribution in [2.24, 2.45) is 17.2 Å². The van der Waals surface area contributed by atoms with Crippen molar-refractivity contribution in [2.75, 3.05) is 57.7 Å². The number of hydrogen-bond acceptors (Lipinski definition) is 9. The fourth-order valence-corrected chi connectivity index (χ4v) is 9.44. The summed E-state index contributed by atoms with van der Waals surface area (Å²) in [5.74, 6) is 0.204. The van der Waals surface area contributed by atoms with Crippen LogP contribution in [-0.2, 0) is 9.59 Å². The second-order valence-corrected chi connectivity index (χ2v) is 17.1. The van der Waals surface area contributed by atoms with E-state index in [-0.39, 0.29) is 35.7 Å². The number of anilines is 1. The Morgan fingerprint density at radius 3 is 2.38 bits per heavy atom. The zero-order chi connectivity index (χ0) is 43.3. The van der Waals surface area contributed by atoms with Crippen molar-refractivity contribution in [1.82, 2.24) is 24.6 Å². The first-order chi connectivity index (χ1) is 29.3. The zero-order valence-electron chi connectivity index (χ0n) is 35.3. The fraction of sp³-hybridized carbons (Fsp3) is 0.426. The van der Waals surface area contributed by atoms with E-state index in [0.717, 1.165) is 78.6 Å². The summed E-state index contributed by atoms with van der Waals surface area (Å²) in [6.45, 7) is 8.46. The van der Waals surface area contributed by atoms with Crippen molar-refractivity contribution in [3.05, 3.63) is 112 Å². The molecule has 324 valence electrons. The van der Waals surface area contributed by atoms with Crippen molar-refractivity contribution < 1.29 is 23.9 Å². The van der Waals surface area contributed by atoms with Crippen LogP contribution in [0.3, 0.4) is 0 Å². The van der Waals surface area contributed by atoms with E-state index in [1.54, 1.807) is 29.2 Å². The molecular formula is C47H60FN9O4. The third-order valence-electron chi connectivity index (χ3n) is 12.8. The first-order valence-corrected chi connectivity index (χ1v) is 21.5. The van der Waals surface area contributed by atoms with Crippen LogP contribution in [0.2, 0.25) is 0 Å². The van der Waals surface area contributed by atoms with Gasteiger partial charge in [0.25, 0.3) is 5.91 Å². The molecule has 3 fully saturated rings. The zero-order valence-corrected chi connectivity index (χ0v) is 35.3. The third kappa shape index (κ3) is 9.97. The van der Waals surface area contributed by atoms with E-state index in [1.165, 1.54) is 0 Å². The number of aryl methyl sites for hydroxylation is 2. The van der Waals surface area contributed by atoms with Gasteiger partial charge in [-0.3, -0.25) is 14.4 Å². The topological polar surface area (TPSA) is 188 Å². The molecule has 1 aromatic heterocycles. The Bertz CT molecular complexity index is 2300. The molecule has 3 aliphatic rings. The highest BCUT2D eigenvalue weighted by atomic mass is 19.1. The Labute approximate surface area is 357 Å². The van der Waals surface area contributed by atoms with Crippen LogP contribution in [0, 0.1) is 13.8 Å². The maximum atomic E-state index is 16.4. The van der Waals surface area contributed by atoms with E-state index >= 15 is 4.39 Å². The number of hydrogen-bond donors (Lipinski definition) is 6. The quantitative estimate of drug-likeness (QED) is 0.0568. The Kier molecular flexibility index (Phi) is 13.2. The van der Waals surface area contributed by atoms with Gasteiger partial charge in [0.1, 0.15) is 17.2 Å². The minimum Gasteiger partial charge on any atom is -0.507 e. The lowest BCUT2D eigenvalue weighted by molar-refractivity contribution is -0.116. The number of rotatable bonds is 13. The maximum Gasteiger partial charge on any atom is 0.253 e. The lowest BCUT2D eigenvalue weighted by Gasteiger charge is -2.41. The van der Waals surface area contributed by atoms with Gasteiger partial charge in [-0.2, -0.15) is 0 Å². The van der Waals surface area contributed by atoms with E-state index in [4.69, 9.17) is 17.2 Å². The van der Waals surface area contributed by atoms with Gasteiger partial charge >= 0.3 is 0 Å². The van der Waals surface area contributed by atoms with Crippen molar-refractivity contribution >= 4 is 40.5 Å². The summed E-state index contributed by atoms with van der Waals surface area (Å²) in [4.78, 5) is 42.8. The van der Waals surface area contributed by atoms with Crippen LogP contribution in [0.15, 0.2) is 84.5 Å². The molecule has 3 saturated heterocycles. The Balaban J connectivity index is 0.904. The SMILES string of the molecule is Cc1cc2c(ccn2C2CCN(CC3(F)CCN(C(=O)c4ccc(C5CCCN(C(/C=C(\N)c6ccccc6O)=C(N)N)C5)c(C)c4)CC3)CC2)cc1NC(=O)CCNC=O. The third-order valence-corrected chi connectivity index (χ3v) is 12.8. The van der Waals surface area contributed by atoms with Gasteiger partial charge in [0.15, 0.2) is 0 Å². The normalized spacial score (nSPS) is 18.8. The number of nitrogens with zero attached hydrogens (tertiary/aromatic N) is 4. The molecule has 3 amide bonds. The maximum absolute atomic E-state index is 16.4. The molecule has 9 N–H and O–H groups in total. The number of aromatic nitrogens is 1. The second kappa shape index (κ2) is 18.7. The molecule has 0 saturated carbocycles. The molecule has 7 rings (SSSR count). The van der Waals surface area contributed by atoms with Crippen LogP contribution in [0.5, 0.6) is 5.75 Å². The van der Waals surface area contributed by atoms with E-state index < -0.39 is 5.67 Å². The summed E-state index contributed by atoms with van der Waals surface area (Å²) in [7, 11) is 0. The summed E-state index contributed by atoms with van der Waals surface area (Å²) in [5, 5.41) is 16.8. The number of carbonyl (C=O) groups excluding carboxylic acids is 3. The lowest BCUT2D eigenvalue weighted by Crippen LogP contribution is -2.51. The number of carbonyl (C=O) groups is 3. The Morgan fingerprint density at radius 1 is 0.918 bits per heavy atom. The number of alkyl halides is 1. The molecule has 0 aliphatic carbocycles. The van der Waals surface area contributed by atoms with Gasteiger partial charge < -0.3 is 52.2 Å². The predicted molar refractivity (Wildman–Crippen MR) is 238 cm³/mol. The summed E-state index contributed by atoms with van der Waals surface area (Å²) in [6.07, 6.45) is 8.95. The van der Waals surface area contributed by atoms with Crippen molar-refractivity contribution in [3.63, 3.8) is 0 Å². The summed E-state index contributed by atoms with van der Waals surface area (Å²) in [5.41, 5.74) is 24.5. The lowest BCUT2D eigenvalue weighted by atomic mass is 9.86. The molecule has 3 aromatic carbocycles. The number of amides is 3. The van der Waals surface area contributed by atoms with Crippen LogP contribution < -0.4 is 27.8 Å². The smallest absolute Gasteiger partial charge is 0.253 e. The summed E-state index contributed by atoms with van der Waals surface area (Å²) >= 11 is 0. The highest BCUT2D eigenvalue weighted by Crippen LogP contribution is 2.36. The predicted octanol–water partition coefficient (Wildman–Crippen LogP) is 5.59. The number of piperidine rings is 3. The molecule has 14 heteroatoms. The van der Waals surface area contributed by atoms with Crippen LogP contribution in [0.4, 0.5) is 10.1 Å². The standard InChI is InChI=1S/C47H60FN9O4/c1-31-24-34(9-10-37(31)35-6-5-18-56(28-35)42(45(50)51)27-39(49)38-7-3-4-8-43(38)59)46(61)55-22-15-47(48,16-23-55)29-54-19-13-36(14-20-54)57-21-12-33-26-40(32(2)25-41(33)57)53-44(60)11-17-52-30-58/h3-4,7-10,12,21,24-27,30,35-36,59H,5-6,11,13-20,22-23,28-29,49-51H2,1-2H3,(H,52,58)(H,53,60)/b39-27-. The molecule has 3 aliphatic heterocycles. The molecule has 61 heavy (non-hydrogen) atoms. The van der Waals surface area contributed by atoms with Gasteiger partial charge in [0, 0.05) is 123 Å². The number of likely N-dealkylation sites (tertiary alicyclic amines) is 3. The first-order valence-electron chi connectivity index (χ1n) is 21.5. The molecule has 0 bridgehead atoms. The number of nitrogens with one attached hydrogen (secondary N) is 2. The van der Waals surface area contributed by atoms with Gasteiger partial charge in [0.2, 0.25) is 12.3 Å². The molecule has 1 atom stereocenters. The average Bonchev–Trinajstić information content (AvgIpc) is 3.65. The van der Waals surface area contributed by atoms with E-state index in [0.29, 0.717) is 80.5 Å². The number of para-hydroxylation sites is 1. The van der Waals surface area contributed by atoms with Crippen molar-refractivity contribution in [1.29, 1.82) is 0 Å². The highest BCUT2D eigenvalue weighted by molar-refractivity contribution is 5.96. The molecule has 4 heterocycles. The Hall–Kier alpha value is -6.02. The van der Waals surface area contributed by atoms with E-state index in [1.807, 2.05) is 38.1 Å².